The van der Waals surface area contributed by atoms with Gasteiger partial charge in [0.25, 0.3) is 0 Å². The molecule has 2 aromatic rings. The minimum absolute atomic E-state index is 0.0271. The van der Waals surface area contributed by atoms with E-state index in [9.17, 15) is 18.0 Å². The van der Waals surface area contributed by atoms with Crippen molar-refractivity contribution in [3.05, 3.63) is 58.9 Å². The van der Waals surface area contributed by atoms with Crippen LogP contribution in [0.4, 0.5) is 0 Å². The molecular formula is C26H34N4O4S. The fourth-order valence-corrected chi connectivity index (χ4v) is 6.75. The predicted octanol–water partition coefficient (Wildman–Crippen LogP) is 2.77. The highest BCUT2D eigenvalue weighted by molar-refractivity contribution is 7.91. The van der Waals surface area contributed by atoms with Crippen LogP contribution in [0.25, 0.3) is 6.08 Å². The Kier molecular flexibility index (Phi) is 7.44. The third-order valence-corrected chi connectivity index (χ3v) is 8.92. The van der Waals surface area contributed by atoms with Gasteiger partial charge in [-0.15, -0.1) is 0 Å². The molecule has 1 atom stereocenters. The molecule has 3 heterocycles. The first-order chi connectivity index (χ1) is 16.6. The van der Waals surface area contributed by atoms with Crippen LogP contribution in [0.15, 0.2) is 36.4 Å². The van der Waals surface area contributed by atoms with Gasteiger partial charge in [-0.05, 0) is 44.7 Å². The van der Waals surface area contributed by atoms with E-state index >= 15 is 0 Å². The predicted molar refractivity (Wildman–Crippen MR) is 135 cm³/mol. The van der Waals surface area contributed by atoms with Crippen LogP contribution in [-0.4, -0.2) is 71.5 Å². The molecular weight excluding hydrogens is 464 g/mol. The van der Waals surface area contributed by atoms with Gasteiger partial charge in [0, 0.05) is 49.9 Å². The van der Waals surface area contributed by atoms with E-state index < -0.39 is 9.84 Å². The lowest BCUT2D eigenvalue weighted by atomic mass is 9.95. The first kappa shape index (κ1) is 25.2. The molecule has 4 rings (SSSR count). The van der Waals surface area contributed by atoms with Crippen LogP contribution in [0.3, 0.4) is 0 Å². The second-order valence-corrected chi connectivity index (χ2v) is 11.9. The fraction of sp³-hybridized carbons (Fsp3) is 0.500. The van der Waals surface area contributed by atoms with Gasteiger partial charge in [-0.1, -0.05) is 30.3 Å². The number of sulfone groups is 1. The molecule has 2 amide bonds. The van der Waals surface area contributed by atoms with Crippen molar-refractivity contribution in [1.29, 1.82) is 0 Å². The Bertz CT molecular complexity index is 1210. The SMILES string of the molecule is Cc1nn(C2CCS(=O)(=O)C2)c(C)c1CN(C)C(=O)C1CCN(C(=O)C=Cc2ccccc2)CC1. The van der Waals surface area contributed by atoms with E-state index in [0.717, 1.165) is 22.5 Å². The summed E-state index contributed by atoms with van der Waals surface area (Å²) in [5, 5.41) is 4.61. The van der Waals surface area contributed by atoms with Crippen LogP contribution < -0.4 is 0 Å². The summed E-state index contributed by atoms with van der Waals surface area (Å²) < 4.78 is 25.6. The Morgan fingerprint density at radius 3 is 2.43 bits per heavy atom. The highest BCUT2D eigenvalue weighted by Gasteiger charge is 2.33. The summed E-state index contributed by atoms with van der Waals surface area (Å²) in [6.07, 6.45) is 5.29. The summed E-state index contributed by atoms with van der Waals surface area (Å²) in [5.74, 6) is 0.263. The van der Waals surface area contributed by atoms with Crippen LogP contribution in [0.5, 0.6) is 0 Å². The lowest BCUT2D eigenvalue weighted by Gasteiger charge is -2.32. The monoisotopic (exact) mass is 498 g/mol. The zero-order valence-corrected chi connectivity index (χ0v) is 21.5. The average molecular weight is 499 g/mol. The molecule has 8 nitrogen and oxygen atoms in total. The molecule has 188 valence electrons. The second kappa shape index (κ2) is 10.4. The summed E-state index contributed by atoms with van der Waals surface area (Å²) >= 11 is 0. The minimum atomic E-state index is -3.00. The van der Waals surface area contributed by atoms with Gasteiger partial charge in [-0.3, -0.25) is 14.3 Å². The molecule has 0 saturated carbocycles. The summed E-state index contributed by atoms with van der Waals surface area (Å²) in [6.45, 7) is 5.43. The minimum Gasteiger partial charge on any atom is -0.341 e. The van der Waals surface area contributed by atoms with E-state index in [4.69, 9.17) is 0 Å². The molecule has 2 aliphatic rings. The number of nitrogens with zero attached hydrogens (tertiary/aromatic N) is 4. The Morgan fingerprint density at radius 1 is 1.11 bits per heavy atom. The second-order valence-electron chi connectivity index (χ2n) is 9.69. The Labute approximate surface area is 207 Å². The van der Waals surface area contributed by atoms with Gasteiger partial charge in [0.05, 0.1) is 23.2 Å². The van der Waals surface area contributed by atoms with Gasteiger partial charge < -0.3 is 9.80 Å². The number of hydrogen-bond acceptors (Lipinski definition) is 5. The van der Waals surface area contributed by atoms with Gasteiger partial charge in [-0.25, -0.2) is 8.42 Å². The summed E-state index contributed by atoms with van der Waals surface area (Å²) in [5.41, 5.74) is 3.71. The van der Waals surface area contributed by atoms with Crippen LogP contribution in [0, 0.1) is 19.8 Å². The molecule has 9 heteroatoms. The first-order valence-electron chi connectivity index (χ1n) is 12.2. The molecule has 35 heavy (non-hydrogen) atoms. The molecule has 0 bridgehead atoms. The van der Waals surface area contributed by atoms with Crippen molar-refractivity contribution >= 4 is 27.7 Å². The molecule has 1 aromatic heterocycles. The molecule has 2 saturated heterocycles. The number of piperidine rings is 1. The standard InChI is InChI=1S/C26H34N4O4S/c1-19-24(20(2)30(27-19)23-13-16-35(33,34)18-23)17-28(3)26(32)22-11-14-29(15-12-22)25(31)10-9-21-7-5-4-6-8-21/h4-10,22-23H,11-18H2,1-3H3. The third kappa shape index (κ3) is 5.83. The zero-order chi connectivity index (χ0) is 25.2. The normalized spacial score (nSPS) is 20.4. The number of likely N-dealkylation sites (tertiary alicyclic amines) is 1. The van der Waals surface area contributed by atoms with E-state index in [1.165, 1.54) is 0 Å². The summed E-state index contributed by atoms with van der Waals surface area (Å²) in [4.78, 5) is 29.3. The maximum atomic E-state index is 13.2. The smallest absolute Gasteiger partial charge is 0.246 e. The lowest BCUT2D eigenvalue weighted by molar-refractivity contribution is -0.138. The van der Waals surface area contributed by atoms with Crippen molar-refractivity contribution in [2.75, 3.05) is 31.6 Å². The number of benzene rings is 1. The fourth-order valence-electron chi connectivity index (χ4n) is 5.06. The highest BCUT2D eigenvalue weighted by Crippen LogP contribution is 2.28. The molecule has 0 N–H and O–H groups in total. The Hall–Kier alpha value is -2.94. The molecule has 0 radical (unpaired) electrons. The van der Waals surface area contributed by atoms with Crippen LogP contribution >= 0.6 is 0 Å². The Balaban J connectivity index is 1.32. The van der Waals surface area contributed by atoms with Crippen molar-refractivity contribution in [2.45, 2.75) is 45.7 Å². The lowest BCUT2D eigenvalue weighted by Crippen LogP contribution is -2.43. The van der Waals surface area contributed by atoms with Gasteiger partial charge in [0.2, 0.25) is 11.8 Å². The van der Waals surface area contributed by atoms with Crippen molar-refractivity contribution in [3.63, 3.8) is 0 Å². The quantitative estimate of drug-likeness (QED) is 0.571. The number of rotatable bonds is 6. The van der Waals surface area contributed by atoms with Crippen molar-refractivity contribution in [3.8, 4) is 0 Å². The summed E-state index contributed by atoms with van der Waals surface area (Å²) in [7, 11) is -1.20. The van der Waals surface area contributed by atoms with Gasteiger partial charge in [0.1, 0.15) is 0 Å². The van der Waals surface area contributed by atoms with E-state index in [1.807, 2.05) is 54.9 Å². The van der Waals surface area contributed by atoms with Crippen LogP contribution in [0.1, 0.15) is 47.8 Å². The number of aryl methyl sites for hydroxylation is 1. The van der Waals surface area contributed by atoms with Gasteiger partial charge in [-0.2, -0.15) is 5.10 Å². The molecule has 2 aliphatic heterocycles. The molecule has 1 aromatic carbocycles. The average Bonchev–Trinajstić information content (AvgIpc) is 3.35. The highest BCUT2D eigenvalue weighted by atomic mass is 32.2. The number of aromatic nitrogens is 2. The number of carbonyl (C=O) groups excluding carboxylic acids is 2. The van der Waals surface area contributed by atoms with Gasteiger partial charge >= 0.3 is 0 Å². The molecule has 0 aliphatic carbocycles. The first-order valence-corrected chi connectivity index (χ1v) is 14.0. The number of amides is 2. The number of hydrogen-bond donors (Lipinski definition) is 0. The van der Waals surface area contributed by atoms with E-state index in [0.29, 0.717) is 38.9 Å². The van der Waals surface area contributed by atoms with Crippen LogP contribution in [0.2, 0.25) is 0 Å². The van der Waals surface area contributed by atoms with Crippen molar-refractivity contribution in [2.24, 2.45) is 5.92 Å². The topological polar surface area (TPSA) is 92.6 Å². The van der Waals surface area contributed by atoms with Crippen LogP contribution in [-0.2, 0) is 26.0 Å². The molecule has 1 unspecified atom stereocenters. The maximum absolute atomic E-state index is 13.2. The third-order valence-electron chi connectivity index (χ3n) is 7.17. The molecule has 2 fully saturated rings. The molecule has 0 spiro atoms. The van der Waals surface area contributed by atoms with Gasteiger partial charge in [0.15, 0.2) is 9.84 Å². The van der Waals surface area contributed by atoms with Crippen molar-refractivity contribution < 1.29 is 18.0 Å². The maximum Gasteiger partial charge on any atom is 0.246 e. The van der Waals surface area contributed by atoms with E-state index in [1.54, 1.807) is 22.9 Å². The van der Waals surface area contributed by atoms with E-state index in [2.05, 4.69) is 5.10 Å². The number of carbonyl (C=O) groups is 2. The summed E-state index contributed by atoms with van der Waals surface area (Å²) in [6, 6.07) is 9.58. The van der Waals surface area contributed by atoms with Crippen molar-refractivity contribution in [1.82, 2.24) is 19.6 Å². The largest absolute Gasteiger partial charge is 0.341 e. The Morgan fingerprint density at radius 2 is 1.80 bits per heavy atom. The zero-order valence-electron chi connectivity index (χ0n) is 20.7. The van der Waals surface area contributed by atoms with E-state index in [-0.39, 0.29) is 35.3 Å².